The lowest BCUT2D eigenvalue weighted by molar-refractivity contribution is 0.0362. The van der Waals surface area contributed by atoms with E-state index in [1.54, 1.807) is 44.0 Å². The summed E-state index contributed by atoms with van der Waals surface area (Å²) >= 11 is 0. The zero-order valence-corrected chi connectivity index (χ0v) is 20.4. The Hall–Kier alpha value is -3.39. The van der Waals surface area contributed by atoms with Gasteiger partial charge in [0.05, 0.1) is 31.2 Å². The van der Waals surface area contributed by atoms with Crippen LogP contribution in [0.2, 0.25) is 0 Å². The summed E-state index contributed by atoms with van der Waals surface area (Å²) < 4.78 is 12.3. The Morgan fingerprint density at radius 2 is 1.79 bits per heavy atom. The second-order valence-corrected chi connectivity index (χ2v) is 8.72. The van der Waals surface area contributed by atoms with Crippen molar-refractivity contribution in [3.63, 3.8) is 0 Å². The van der Waals surface area contributed by atoms with Gasteiger partial charge in [-0.25, -0.2) is 4.98 Å². The second-order valence-electron chi connectivity index (χ2n) is 8.72. The molecule has 1 fully saturated rings. The average Bonchev–Trinajstić information content (AvgIpc) is 2.86. The fourth-order valence-corrected chi connectivity index (χ4v) is 4.80. The molecule has 2 unspecified atom stereocenters. The highest BCUT2D eigenvalue weighted by Crippen LogP contribution is 2.28. The molecule has 1 amide bonds. The van der Waals surface area contributed by atoms with Gasteiger partial charge in [-0.15, -0.1) is 0 Å². The van der Waals surface area contributed by atoms with Crippen LogP contribution in [0.4, 0.5) is 0 Å². The van der Waals surface area contributed by atoms with Crippen LogP contribution in [0.5, 0.6) is 11.5 Å². The van der Waals surface area contributed by atoms with Crippen molar-refractivity contribution in [3.8, 4) is 11.5 Å². The molecule has 1 aliphatic rings. The highest BCUT2D eigenvalue weighted by molar-refractivity contribution is 5.95. The molecule has 1 aliphatic heterocycles. The molecule has 0 aliphatic carbocycles. The highest BCUT2D eigenvalue weighted by atomic mass is 16.5. The van der Waals surface area contributed by atoms with Gasteiger partial charge in [-0.2, -0.15) is 0 Å². The molecule has 2 atom stereocenters. The van der Waals surface area contributed by atoms with E-state index < -0.39 is 0 Å². The van der Waals surface area contributed by atoms with E-state index in [0.29, 0.717) is 47.6 Å². The number of rotatable bonds is 6. The average molecular weight is 465 g/mol. The van der Waals surface area contributed by atoms with Crippen LogP contribution in [0.15, 0.2) is 47.3 Å². The largest absolute Gasteiger partial charge is 0.497 e. The molecule has 0 N–H and O–H groups in total. The topological polar surface area (TPSA) is 76.9 Å². The van der Waals surface area contributed by atoms with E-state index in [2.05, 4.69) is 18.7 Å². The summed E-state index contributed by atoms with van der Waals surface area (Å²) in [6.45, 7) is 6.13. The number of fused-ring (bicyclic) bond motifs is 1. The van der Waals surface area contributed by atoms with Gasteiger partial charge in [0.2, 0.25) is 0 Å². The summed E-state index contributed by atoms with van der Waals surface area (Å²) in [7, 11) is 4.94. The van der Waals surface area contributed by atoms with Gasteiger partial charge in [0, 0.05) is 44.4 Å². The number of aromatic nitrogens is 2. The molecule has 180 valence electrons. The van der Waals surface area contributed by atoms with Gasteiger partial charge < -0.3 is 14.4 Å². The van der Waals surface area contributed by atoms with E-state index in [1.807, 2.05) is 29.2 Å². The van der Waals surface area contributed by atoms with Crippen molar-refractivity contribution in [2.45, 2.75) is 32.4 Å². The van der Waals surface area contributed by atoms with Gasteiger partial charge in [-0.3, -0.25) is 19.1 Å². The highest BCUT2D eigenvalue weighted by Gasteiger charge is 2.33. The number of nitrogens with zero attached hydrogens (tertiary/aromatic N) is 4. The Bertz CT molecular complexity index is 1230. The van der Waals surface area contributed by atoms with E-state index >= 15 is 0 Å². The minimum absolute atomic E-state index is 0.00928. The third kappa shape index (κ3) is 4.37. The van der Waals surface area contributed by atoms with Crippen molar-refractivity contribution >= 4 is 16.8 Å². The molecule has 34 heavy (non-hydrogen) atoms. The summed E-state index contributed by atoms with van der Waals surface area (Å²) in [6.07, 6.45) is 0.812. The van der Waals surface area contributed by atoms with Crippen LogP contribution in [0.1, 0.15) is 42.5 Å². The Morgan fingerprint density at radius 3 is 2.41 bits per heavy atom. The number of benzene rings is 2. The lowest BCUT2D eigenvalue weighted by Crippen LogP contribution is -2.55. The predicted molar refractivity (Wildman–Crippen MR) is 132 cm³/mol. The number of methoxy groups -OCH3 is 2. The summed E-state index contributed by atoms with van der Waals surface area (Å²) in [5, 5.41) is 0.626. The molecule has 0 bridgehead atoms. The Kier molecular flexibility index (Phi) is 6.88. The first-order valence-corrected chi connectivity index (χ1v) is 11.6. The fourth-order valence-electron chi connectivity index (χ4n) is 4.80. The first-order chi connectivity index (χ1) is 16.4. The smallest absolute Gasteiger partial charge is 0.261 e. The molecule has 4 rings (SSSR count). The maximum Gasteiger partial charge on any atom is 0.261 e. The summed E-state index contributed by atoms with van der Waals surface area (Å²) in [5.74, 6) is 1.89. The normalized spacial score (nSPS) is 17.6. The summed E-state index contributed by atoms with van der Waals surface area (Å²) in [4.78, 5) is 35.4. The minimum atomic E-state index is -0.0476. The number of carbonyl (C=O) groups is 1. The van der Waals surface area contributed by atoms with Gasteiger partial charge in [0.15, 0.2) is 0 Å². The number of hydrogen-bond acceptors (Lipinski definition) is 6. The van der Waals surface area contributed by atoms with Crippen LogP contribution in [0, 0.1) is 0 Å². The maximum atomic E-state index is 13.3. The Labute approximate surface area is 199 Å². The molecule has 3 aromatic rings. The Morgan fingerprint density at radius 1 is 1.12 bits per heavy atom. The molecule has 0 spiro atoms. The van der Waals surface area contributed by atoms with Crippen LogP contribution < -0.4 is 15.0 Å². The number of piperazine rings is 1. The van der Waals surface area contributed by atoms with E-state index in [0.717, 1.165) is 12.2 Å². The number of para-hydroxylation sites is 1. The van der Waals surface area contributed by atoms with Crippen molar-refractivity contribution in [3.05, 3.63) is 64.2 Å². The van der Waals surface area contributed by atoms with Gasteiger partial charge >= 0.3 is 0 Å². The SMILES string of the molecule is CCC(c1nc2ccccc2c(=O)n1C)N1CCN(C(=O)c2cc(OC)cc(OC)c2)C(C)C1. The van der Waals surface area contributed by atoms with Crippen molar-refractivity contribution in [1.29, 1.82) is 0 Å². The zero-order valence-electron chi connectivity index (χ0n) is 20.4. The summed E-state index contributed by atoms with van der Waals surface area (Å²) in [6, 6.07) is 12.7. The molecule has 0 saturated carbocycles. The second kappa shape index (κ2) is 9.85. The predicted octanol–water partition coefficient (Wildman–Crippen LogP) is 3.25. The lowest BCUT2D eigenvalue weighted by atomic mass is 10.1. The maximum absolute atomic E-state index is 13.3. The fraction of sp³-hybridized carbons (Fsp3) is 0.423. The van der Waals surface area contributed by atoms with Crippen LogP contribution in [-0.2, 0) is 7.05 Å². The number of amides is 1. The van der Waals surface area contributed by atoms with Gasteiger partial charge in [0.1, 0.15) is 17.3 Å². The number of carbonyl (C=O) groups excluding carboxylic acids is 1. The molecule has 1 saturated heterocycles. The number of hydrogen-bond donors (Lipinski definition) is 0. The molecule has 2 heterocycles. The van der Waals surface area contributed by atoms with Crippen molar-refractivity contribution in [1.82, 2.24) is 19.4 Å². The van der Waals surface area contributed by atoms with Crippen molar-refractivity contribution in [2.24, 2.45) is 7.05 Å². The van der Waals surface area contributed by atoms with E-state index in [1.165, 1.54) is 0 Å². The lowest BCUT2D eigenvalue weighted by Gasteiger charge is -2.43. The van der Waals surface area contributed by atoms with Gasteiger partial charge in [-0.05, 0) is 37.6 Å². The third-order valence-electron chi connectivity index (χ3n) is 6.66. The zero-order chi connectivity index (χ0) is 24.4. The molecular formula is C26H32N4O4. The van der Waals surface area contributed by atoms with E-state index in [4.69, 9.17) is 14.5 Å². The monoisotopic (exact) mass is 464 g/mol. The van der Waals surface area contributed by atoms with Gasteiger partial charge in [0.25, 0.3) is 11.5 Å². The first-order valence-electron chi connectivity index (χ1n) is 11.6. The van der Waals surface area contributed by atoms with Gasteiger partial charge in [-0.1, -0.05) is 19.1 Å². The first kappa shape index (κ1) is 23.8. The van der Waals surface area contributed by atoms with Crippen LogP contribution in [-0.4, -0.2) is 65.2 Å². The van der Waals surface area contributed by atoms with E-state index in [9.17, 15) is 9.59 Å². The third-order valence-corrected chi connectivity index (χ3v) is 6.66. The molecule has 1 aromatic heterocycles. The number of ether oxygens (including phenoxy) is 2. The molecular weight excluding hydrogens is 432 g/mol. The van der Waals surface area contributed by atoms with Crippen LogP contribution in [0.3, 0.4) is 0 Å². The standard InChI is InChI=1S/C26H32N4O4/c1-6-23(24-27-22-10-8-7-9-21(22)26(32)28(24)3)29-11-12-30(17(2)16-29)25(31)18-13-19(33-4)15-20(14-18)34-5/h7-10,13-15,17,23H,6,11-12,16H2,1-5H3. The van der Waals surface area contributed by atoms with Crippen molar-refractivity contribution < 1.29 is 14.3 Å². The van der Waals surface area contributed by atoms with Crippen molar-refractivity contribution in [2.75, 3.05) is 33.9 Å². The Balaban J connectivity index is 1.57. The molecule has 2 aromatic carbocycles. The molecule has 0 radical (unpaired) electrons. The molecule has 8 nitrogen and oxygen atoms in total. The van der Waals surface area contributed by atoms with Crippen LogP contribution >= 0.6 is 0 Å². The quantitative estimate of drug-likeness (QED) is 0.557. The minimum Gasteiger partial charge on any atom is -0.497 e. The van der Waals surface area contributed by atoms with Crippen LogP contribution in [0.25, 0.3) is 10.9 Å². The molecule has 8 heteroatoms. The van der Waals surface area contributed by atoms with E-state index in [-0.39, 0.29) is 23.6 Å². The summed E-state index contributed by atoms with van der Waals surface area (Å²) in [5.41, 5.74) is 1.22.